The molecule has 7 heteroatoms. The molecule has 1 amide bonds. The summed E-state index contributed by atoms with van der Waals surface area (Å²) in [6, 6.07) is 12.7. The number of carbonyl (C=O) groups is 1. The van der Waals surface area contributed by atoms with Gasteiger partial charge in [0.1, 0.15) is 6.54 Å². The fraction of sp³-hybridized carbons (Fsp3) is 0.316. The number of fused-ring (bicyclic) bond motifs is 1. The molecule has 26 heavy (non-hydrogen) atoms. The minimum absolute atomic E-state index is 0.0123. The van der Waals surface area contributed by atoms with E-state index in [1.54, 1.807) is 30.0 Å². The van der Waals surface area contributed by atoms with Gasteiger partial charge in [0.15, 0.2) is 0 Å². The van der Waals surface area contributed by atoms with Gasteiger partial charge in [-0.1, -0.05) is 35.9 Å². The Kier molecular flexibility index (Phi) is 4.99. The predicted octanol–water partition coefficient (Wildman–Crippen LogP) is 3.39. The first-order valence-corrected chi connectivity index (χ1v) is 10.6. The number of amides is 1. The van der Waals surface area contributed by atoms with E-state index in [4.69, 9.17) is 11.6 Å². The summed E-state index contributed by atoms with van der Waals surface area (Å²) in [5.74, 6) is -0.257. The van der Waals surface area contributed by atoms with Crippen LogP contribution in [0.3, 0.4) is 0 Å². The van der Waals surface area contributed by atoms with E-state index in [1.165, 1.54) is 0 Å². The Bertz CT molecular complexity index is 959. The molecule has 0 saturated heterocycles. The van der Waals surface area contributed by atoms with E-state index in [0.29, 0.717) is 16.3 Å². The van der Waals surface area contributed by atoms with Crippen molar-refractivity contribution in [3.8, 4) is 0 Å². The van der Waals surface area contributed by atoms with Crippen LogP contribution in [0.4, 0.5) is 11.4 Å². The lowest BCUT2D eigenvalue weighted by Crippen LogP contribution is -2.45. The number of sulfonamides is 1. The first kappa shape index (κ1) is 18.7. The van der Waals surface area contributed by atoms with Crippen LogP contribution >= 0.6 is 11.6 Å². The first-order valence-electron chi connectivity index (χ1n) is 8.33. The van der Waals surface area contributed by atoms with Gasteiger partial charge in [0.05, 0.1) is 11.9 Å². The van der Waals surface area contributed by atoms with Crippen molar-refractivity contribution < 1.29 is 13.2 Å². The Morgan fingerprint density at radius 1 is 1.23 bits per heavy atom. The summed E-state index contributed by atoms with van der Waals surface area (Å²) in [6.07, 6.45) is 1.86. The molecule has 0 fully saturated rings. The molecule has 0 N–H and O–H groups in total. The van der Waals surface area contributed by atoms with Crippen LogP contribution in [0.25, 0.3) is 0 Å². The smallest absolute Gasteiger partial charge is 0.248 e. The zero-order valence-corrected chi connectivity index (χ0v) is 16.5. The number of nitrogens with zero attached hydrogens (tertiary/aromatic N) is 2. The zero-order chi connectivity index (χ0) is 19.1. The molecule has 0 saturated carbocycles. The summed E-state index contributed by atoms with van der Waals surface area (Å²) >= 11 is 6.14. The monoisotopic (exact) mass is 392 g/mol. The lowest BCUT2D eigenvalue weighted by molar-refractivity contribution is -0.117. The van der Waals surface area contributed by atoms with E-state index in [9.17, 15) is 13.2 Å². The van der Waals surface area contributed by atoms with Crippen LogP contribution in [0.2, 0.25) is 5.02 Å². The Morgan fingerprint density at radius 2 is 1.92 bits per heavy atom. The van der Waals surface area contributed by atoms with Crippen LogP contribution in [0.1, 0.15) is 18.1 Å². The van der Waals surface area contributed by atoms with Gasteiger partial charge in [0.2, 0.25) is 15.9 Å². The van der Waals surface area contributed by atoms with Gasteiger partial charge in [0.25, 0.3) is 0 Å². The molecule has 3 rings (SSSR count). The Hall–Kier alpha value is -2.05. The molecule has 1 aliphatic heterocycles. The van der Waals surface area contributed by atoms with E-state index in [0.717, 1.165) is 28.2 Å². The fourth-order valence-electron chi connectivity index (χ4n) is 3.39. The molecule has 0 radical (unpaired) electrons. The van der Waals surface area contributed by atoms with Gasteiger partial charge in [-0.2, -0.15) is 0 Å². The molecule has 0 unspecified atom stereocenters. The molecule has 0 aliphatic carbocycles. The number of hydrogen-bond acceptors (Lipinski definition) is 3. The van der Waals surface area contributed by atoms with Crippen molar-refractivity contribution in [1.29, 1.82) is 0 Å². The highest BCUT2D eigenvalue weighted by Gasteiger charge is 2.33. The second-order valence-electron chi connectivity index (χ2n) is 6.60. The maximum absolute atomic E-state index is 13.0. The SMILES string of the molecule is Cc1c(Cl)cccc1N(CC(=O)N1c2ccccc2C[C@H]1C)S(C)(=O)=O. The van der Waals surface area contributed by atoms with Gasteiger partial charge in [-0.25, -0.2) is 8.42 Å². The summed E-state index contributed by atoms with van der Waals surface area (Å²) in [5, 5.41) is 0.462. The molecule has 138 valence electrons. The van der Waals surface area contributed by atoms with Crippen molar-refractivity contribution >= 4 is 38.9 Å². The number of anilines is 2. The van der Waals surface area contributed by atoms with Crippen molar-refractivity contribution in [2.24, 2.45) is 0 Å². The molecule has 2 aromatic carbocycles. The number of benzene rings is 2. The standard InChI is InChI=1S/C19H21ClN2O3S/c1-13-11-15-7-4-5-9-18(15)22(13)19(23)12-21(26(3,24)25)17-10-6-8-16(20)14(17)2/h4-10,13H,11-12H2,1-3H3/t13-/m1/s1. The van der Waals surface area contributed by atoms with E-state index < -0.39 is 10.0 Å². The largest absolute Gasteiger partial charge is 0.307 e. The van der Waals surface area contributed by atoms with E-state index in [-0.39, 0.29) is 18.5 Å². The van der Waals surface area contributed by atoms with Crippen molar-refractivity contribution in [1.82, 2.24) is 0 Å². The van der Waals surface area contributed by atoms with Crippen molar-refractivity contribution in [3.63, 3.8) is 0 Å². The van der Waals surface area contributed by atoms with E-state index in [1.807, 2.05) is 31.2 Å². The Morgan fingerprint density at radius 3 is 2.62 bits per heavy atom. The second-order valence-corrected chi connectivity index (χ2v) is 8.91. The van der Waals surface area contributed by atoms with Crippen molar-refractivity contribution in [2.75, 3.05) is 22.0 Å². The molecular formula is C19H21ClN2O3S. The maximum atomic E-state index is 13.0. The second kappa shape index (κ2) is 6.93. The summed E-state index contributed by atoms with van der Waals surface area (Å²) in [7, 11) is -3.65. The third-order valence-electron chi connectivity index (χ3n) is 4.66. The third-order valence-corrected chi connectivity index (χ3v) is 6.20. The van der Waals surface area contributed by atoms with Gasteiger partial charge in [-0.15, -0.1) is 0 Å². The average molecular weight is 393 g/mol. The molecule has 1 atom stereocenters. The highest BCUT2D eigenvalue weighted by atomic mass is 35.5. The van der Waals surface area contributed by atoms with Crippen LogP contribution in [-0.2, 0) is 21.2 Å². The average Bonchev–Trinajstić information content (AvgIpc) is 2.90. The molecule has 1 aliphatic rings. The summed E-state index contributed by atoms with van der Waals surface area (Å²) in [6.45, 7) is 3.44. The number of rotatable bonds is 4. The fourth-order valence-corrected chi connectivity index (χ4v) is 4.46. The summed E-state index contributed by atoms with van der Waals surface area (Å²) in [4.78, 5) is 14.7. The molecule has 1 heterocycles. The van der Waals surface area contributed by atoms with Gasteiger partial charge < -0.3 is 4.90 Å². The molecule has 2 aromatic rings. The maximum Gasteiger partial charge on any atom is 0.248 e. The lowest BCUT2D eigenvalue weighted by atomic mass is 10.1. The highest BCUT2D eigenvalue weighted by Crippen LogP contribution is 2.33. The number of carbonyl (C=O) groups excluding carboxylic acids is 1. The Labute approximate surface area is 159 Å². The quantitative estimate of drug-likeness (QED) is 0.801. The zero-order valence-electron chi connectivity index (χ0n) is 14.9. The normalized spacial score (nSPS) is 16.5. The topological polar surface area (TPSA) is 57.7 Å². The van der Waals surface area contributed by atoms with E-state index in [2.05, 4.69) is 0 Å². The molecule has 0 spiro atoms. The van der Waals surface area contributed by atoms with Gasteiger partial charge >= 0.3 is 0 Å². The van der Waals surface area contributed by atoms with Crippen LogP contribution in [-0.4, -0.2) is 33.2 Å². The third kappa shape index (κ3) is 3.44. The van der Waals surface area contributed by atoms with E-state index >= 15 is 0 Å². The molecule has 5 nitrogen and oxygen atoms in total. The number of halogens is 1. The van der Waals surface area contributed by atoms with Crippen LogP contribution in [0, 0.1) is 6.92 Å². The lowest BCUT2D eigenvalue weighted by Gasteiger charge is -2.28. The van der Waals surface area contributed by atoms with Gasteiger partial charge in [0, 0.05) is 16.8 Å². The van der Waals surface area contributed by atoms with Crippen molar-refractivity contribution in [2.45, 2.75) is 26.3 Å². The summed E-state index contributed by atoms with van der Waals surface area (Å²) < 4.78 is 25.9. The number of para-hydroxylation sites is 1. The highest BCUT2D eigenvalue weighted by molar-refractivity contribution is 7.92. The first-order chi connectivity index (χ1) is 12.2. The Balaban J connectivity index is 1.96. The number of hydrogen-bond donors (Lipinski definition) is 0. The van der Waals surface area contributed by atoms with Crippen LogP contribution < -0.4 is 9.21 Å². The molecular weight excluding hydrogens is 372 g/mol. The minimum atomic E-state index is -3.65. The predicted molar refractivity (Wildman–Crippen MR) is 105 cm³/mol. The minimum Gasteiger partial charge on any atom is -0.307 e. The molecule has 0 bridgehead atoms. The van der Waals surface area contributed by atoms with Gasteiger partial charge in [-0.05, 0) is 49.6 Å². The van der Waals surface area contributed by atoms with Crippen LogP contribution in [0.15, 0.2) is 42.5 Å². The molecule has 0 aromatic heterocycles. The summed E-state index contributed by atoms with van der Waals surface area (Å²) in [5.41, 5.74) is 3.00. The van der Waals surface area contributed by atoms with Gasteiger partial charge in [-0.3, -0.25) is 9.10 Å². The van der Waals surface area contributed by atoms with Crippen molar-refractivity contribution in [3.05, 3.63) is 58.6 Å². The van der Waals surface area contributed by atoms with Crippen LogP contribution in [0.5, 0.6) is 0 Å².